The van der Waals surface area contributed by atoms with Gasteiger partial charge in [-0.2, -0.15) is 0 Å². The van der Waals surface area contributed by atoms with Gasteiger partial charge in [0.25, 0.3) is 11.7 Å². The molecule has 112 valence electrons. The van der Waals surface area contributed by atoms with Gasteiger partial charge >= 0.3 is 0 Å². The molecule has 0 saturated carbocycles. The number of fused-ring (bicyclic) bond motifs is 1. The first kappa shape index (κ1) is 14.7. The molecule has 6 heteroatoms. The molecule has 3 rings (SSSR count). The number of hydrogen-bond acceptors (Lipinski definition) is 4. The zero-order chi connectivity index (χ0) is 15.0. The maximum absolute atomic E-state index is 12.2. The standard InChI is InChI=1S/C15H17BrN2O3/c1-2-17-5-6-21-11(8-17)9-18-13-4-3-10(16)7-12(13)14(19)15(18)20/h3-4,7,11H,2,5-6,8-9H2,1H3. The summed E-state index contributed by atoms with van der Waals surface area (Å²) in [5.41, 5.74) is 1.16. The van der Waals surface area contributed by atoms with E-state index in [0.29, 0.717) is 24.4 Å². The van der Waals surface area contributed by atoms with Gasteiger partial charge in [-0.05, 0) is 24.7 Å². The number of ketones is 1. The van der Waals surface area contributed by atoms with Crippen molar-refractivity contribution >= 4 is 33.3 Å². The first-order valence-corrected chi connectivity index (χ1v) is 7.89. The van der Waals surface area contributed by atoms with E-state index in [2.05, 4.69) is 27.8 Å². The van der Waals surface area contributed by atoms with Crippen molar-refractivity contribution in [1.29, 1.82) is 0 Å². The van der Waals surface area contributed by atoms with Crippen LogP contribution >= 0.6 is 15.9 Å². The van der Waals surface area contributed by atoms with Crippen LogP contribution in [0.5, 0.6) is 0 Å². The number of carbonyl (C=O) groups excluding carboxylic acids is 2. The van der Waals surface area contributed by atoms with Crippen LogP contribution in [0.4, 0.5) is 5.69 Å². The number of morpholine rings is 1. The quantitative estimate of drug-likeness (QED) is 0.777. The molecule has 0 spiro atoms. The van der Waals surface area contributed by atoms with Crippen LogP contribution in [-0.2, 0) is 9.53 Å². The molecule has 2 aliphatic heterocycles. The third kappa shape index (κ3) is 2.75. The minimum atomic E-state index is -0.458. The molecule has 5 nitrogen and oxygen atoms in total. The van der Waals surface area contributed by atoms with Gasteiger partial charge < -0.3 is 9.64 Å². The first-order valence-electron chi connectivity index (χ1n) is 7.10. The summed E-state index contributed by atoms with van der Waals surface area (Å²) < 4.78 is 6.54. The van der Waals surface area contributed by atoms with E-state index in [1.54, 1.807) is 11.0 Å². The molecule has 1 fully saturated rings. The monoisotopic (exact) mass is 352 g/mol. The third-order valence-corrected chi connectivity index (χ3v) is 4.48. The molecule has 2 aliphatic rings. The molecule has 0 radical (unpaired) electrons. The molecule has 0 aromatic heterocycles. The minimum absolute atomic E-state index is 0.0509. The van der Waals surface area contributed by atoms with Crippen molar-refractivity contribution in [3.63, 3.8) is 0 Å². The average Bonchev–Trinajstić information content (AvgIpc) is 2.72. The Labute approximate surface area is 132 Å². The molecule has 1 unspecified atom stereocenters. The predicted octanol–water partition coefficient (Wildman–Crippen LogP) is 1.70. The van der Waals surface area contributed by atoms with E-state index in [-0.39, 0.29) is 6.10 Å². The zero-order valence-corrected chi connectivity index (χ0v) is 13.4. The SMILES string of the molecule is CCN1CCOC(CN2C(=O)C(=O)c3cc(Br)ccc32)C1. The summed E-state index contributed by atoms with van der Waals surface area (Å²) in [6.07, 6.45) is -0.0509. The molecule has 0 aliphatic carbocycles. The van der Waals surface area contributed by atoms with Gasteiger partial charge in [0.1, 0.15) is 0 Å². The Balaban J connectivity index is 1.80. The number of benzene rings is 1. The second-order valence-electron chi connectivity index (χ2n) is 5.29. The van der Waals surface area contributed by atoms with Crippen molar-refractivity contribution in [1.82, 2.24) is 4.90 Å². The number of Topliss-reactive ketones (excluding diaryl/α,β-unsaturated/α-hetero) is 1. The van der Waals surface area contributed by atoms with Gasteiger partial charge in [-0.1, -0.05) is 22.9 Å². The van der Waals surface area contributed by atoms with E-state index in [1.807, 2.05) is 12.1 Å². The molecule has 1 saturated heterocycles. The minimum Gasteiger partial charge on any atom is -0.374 e. The number of anilines is 1. The van der Waals surface area contributed by atoms with Gasteiger partial charge in [-0.15, -0.1) is 0 Å². The fourth-order valence-electron chi connectivity index (χ4n) is 2.84. The summed E-state index contributed by atoms with van der Waals surface area (Å²) in [4.78, 5) is 28.1. The van der Waals surface area contributed by atoms with Crippen LogP contribution in [0.25, 0.3) is 0 Å². The van der Waals surface area contributed by atoms with Gasteiger partial charge in [0.15, 0.2) is 0 Å². The fourth-order valence-corrected chi connectivity index (χ4v) is 3.20. The number of ether oxygens (including phenoxy) is 1. The van der Waals surface area contributed by atoms with Crippen molar-refractivity contribution in [3.05, 3.63) is 28.2 Å². The third-order valence-electron chi connectivity index (χ3n) is 3.99. The molecule has 21 heavy (non-hydrogen) atoms. The maximum atomic E-state index is 12.2. The number of carbonyl (C=O) groups is 2. The summed E-state index contributed by atoms with van der Waals surface area (Å²) in [5.74, 6) is -0.894. The lowest BCUT2D eigenvalue weighted by Gasteiger charge is -2.34. The molecule has 2 heterocycles. The number of hydrogen-bond donors (Lipinski definition) is 0. The Morgan fingerprint density at radius 2 is 2.19 bits per heavy atom. The predicted molar refractivity (Wildman–Crippen MR) is 82.7 cm³/mol. The van der Waals surface area contributed by atoms with Crippen molar-refractivity contribution < 1.29 is 14.3 Å². The lowest BCUT2D eigenvalue weighted by atomic mass is 10.1. The van der Waals surface area contributed by atoms with Crippen LogP contribution in [0.1, 0.15) is 17.3 Å². The average molecular weight is 353 g/mol. The number of nitrogens with zero attached hydrogens (tertiary/aromatic N) is 2. The van der Waals surface area contributed by atoms with E-state index in [4.69, 9.17) is 4.74 Å². The largest absolute Gasteiger partial charge is 0.374 e. The maximum Gasteiger partial charge on any atom is 0.299 e. The number of likely N-dealkylation sites (N-methyl/N-ethyl adjacent to an activating group) is 1. The summed E-state index contributed by atoms with van der Waals surface area (Å²) in [6.45, 7) is 5.89. The summed E-state index contributed by atoms with van der Waals surface area (Å²) in [6, 6.07) is 5.36. The first-order chi connectivity index (χ1) is 10.1. The van der Waals surface area contributed by atoms with Crippen molar-refractivity contribution in [3.8, 4) is 0 Å². The highest BCUT2D eigenvalue weighted by atomic mass is 79.9. The smallest absolute Gasteiger partial charge is 0.299 e. The molecular weight excluding hydrogens is 336 g/mol. The van der Waals surface area contributed by atoms with Crippen LogP contribution in [0.3, 0.4) is 0 Å². The molecule has 0 N–H and O–H groups in total. The lowest BCUT2D eigenvalue weighted by Crippen LogP contribution is -2.48. The van der Waals surface area contributed by atoms with Gasteiger partial charge in [0.2, 0.25) is 0 Å². The van der Waals surface area contributed by atoms with Gasteiger partial charge in [-0.3, -0.25) is 14.5 Å². The van der Waals surface area contributed by atoms with Crippen LogP contribution in [0, 0.1) is 0 Å². The number of rotatable bonds is 3. The fraction of sp³-hybridized carbons (Fsp3) is 0.467. The lowest BCUT2D eigenvalue weighted by molar-refractivity contribution is -0.115. The molecule has 1 aromatic carbocycles. The van der Waals surface area contributed by atoms with E-state index in [0.717, 1.165) is 24.1 Å². The second-order valence-corrected chi connectivity index (χ2v) is 6.21. The Morgan fingerprint density at radius 3 is 2.95 bits per heavy atom. The molecule has 1 amide bonds. The van der Waals surface area contributed by atoms with Crippen LogP contribution < -0.4 is 4.90 Å². The van der Waals surface area contributed by atoms with Crippen LogP contribution in [0.15, 0.2) is 22.7 Å². The summed E-state index contributed by atoms with van der Waals surface area (Å²) in [7, 11) is 0. The Bertz CT molecular complexity index is 590. The Morgan fingerprint density at radius 1 is 1.38 bits per heavy atom. The van der Waals surface area contributed by atoms with Crippen molar-refractivity contribution in [2.45, 2.75) is 13.0 Å². The van der Waals surface area contributed by atoms with E-state index in [9.17, 15) is 9.59 Å². The number of halogens is 1. The normalized spacial score (nSPS) is 22.8. The van der Waals surface area contributed by atoms with E-state index < -0.39 is 11.7 Å². The second kappa shape index (κ2) is 5.87. The molecule has 1 aromatic rings. The Kier molecular flexibility index (Phi) is 4.10. The molecule has 0 bridgehead atoms. The summed E-state index contributed by atoms with van der Waals surface area (Å²) in [5, 5.41) is 0. The number of amides is 1. The van der Waals surface area contributed by atoms with Gasteiger partial charge in [0.05, 0.1) is 30.5 Å². The van der Waals surface area contributed by atoms with E-state index in [1.165, 1.54) is 0 Å². The van der Waals surface area contributed by atoms with E-state index >= 15 is 0 Å². The topological polar surface area (TPSA) is 49.9 Å². The summed E-state index contributed by atoms with van der Waals surface area (Å²) >= 11 is 3.33. The van der Waals surface area contributed by atoms with Gasteiger partial charge in [0, 0.05) is 17.6 Å². The molecule has 1 atom stereocenters. The van der Waals surface area contributed by atoms with Crippen LogP contribution in [-0.4, -0.2) is 55.5 Å². The molecular formula is C15H17BrN2O3. The van der Waals surface area contributed by atoms with Gasteiger partial charge in [-0.25, -0.2) is 0 Å². The zero-order valence-electron chi connectivity index (χ0n) is 11.8. The van der Waals surface area contributed by atoms with Crippen LogP contribution in [0.2, 0.25) is 0 Å². The Hall–Kier alpha value is -1.24. The van der Waals surface area contributed by atoms with Crippen molar-refractivity contribution in [2.75, 3.05) is 37.7 Å². The highest BCUT2D eigenvalue weighted by molar-refractivity contribution is 9.10. The highest BCUT2D eigenvalue weighted by Crippen LogP contribution is 2.31. The highest BCUT2D eigenvalue weighted by Gasteiger charge is 2.37. The van der Waals surface area contributed by atoms with Crippen molar-refractivity contribution in [2.24, 2.45) is 0 Å².